The molecule has 0 radical (unpaired) electrons. The van der Waals surface area contributed by atoms with Crippen LogP contribution in [0.2, 0.25) is 0 Å². The van der Waals surface area contributed by atoms with Crippen LogP contribution in [0.1, 0.15) is 26.3 Å². The van der Waals surface area contributed by atoms with Crippen LogP contribution in [0.3, 0.4) is 0 Å². The molecule has 0 unspecified atom stereocenters. The maximum atomic E-state index is 12.3. The first kappa shape index (κ1) is 16.2. The number of amides is 1. The van der Waals surface area contributed by atoms with E-state index in [1.807, 2.05) is 0 Å². The number of nitrogens with one attached hydrogen (secondary N) is 1. The van der Waals surface area contributed by atoms with Crippen LogP contribution in [-0.4, -0.2) is 23.9 Å². The SMILES string of the molecule is COC(=O)c1ccccc1NC(=O)c1ccc([N+](=O)[O-])c(C)c1. The Balaban J connectivity index is 2.28. The Hall–Kier alpha value is -3.22. The summed E-state index contributed by atoms with van der Waals surface area (Å²) in [6.45, 7) is 1.55. The average molecular weight is 314 g/mol. The summed E-state index contributed by atoms with van der Waals surface area (Å²) in [4.78, 5) is 34.2. The third-order valence-corrected chi connectivity index (χ3v) is 3.24. The fraction of sp³-hybridized carbons (Fsp3) is 0.125. The third-order valence-electron chi connectivity index (χ3n) is 3.24. The van der Waals surface area contributed by atoms with Crippen LogP contribution in [0.4, 0.5) is 11.4 Å². The van der Waals surface area contributed by atoms with E-state index in [-0.39, 0.29) is 16.8 Å². The van der Waals surface area contributed by atoms with Gasteiger partial charge in [0.05, 0.1) is 23.3 Å². The van der Waals surface area contributed by atoms with Gasteiger partial charge in [-0.2, -0.15) is 0 Å². The van der Waals surface area contributed by atoms with Crippen LogP contribution in [0.25, 0.3) is 0 Å². The highest BCUT2D eigenvalue weighted by atomic mass is 16.6. The molecular formula is C16H14N2O5. The lowest BCUT2D eigenvalue weighted by Crippen LogP contribution is -2.15. The van der Waals surface area contributed by atoms with Crippen LogP contribution in [-0.2, 0) is 4.74 Å². The zero-order valence-electron chi connectivity index (χ0n) is 12.5. The number of nitro groups is 1. The van der Waals surface area contributed by atoms with Crippen molar-refractivity contribution in [2.75, 3.05) is 12.4 Å². The molecule has 0 saturated carbocycles. The van der Waals surface area contributed by atoms with Crippen molar-refractivity contribution >= 4 is 23.3 Å². The number of nitro benzene ring substituents is 1. The van der Waals surface area contributed by atoms with E-state index in [0.717, 1.165) is 0 Å². The number of carbonyl (C=O) groups is 2. The van der Waals surface area contributed by atoms with E-state index >= 15 is 0 Å². The zero-order chi connectivity index (χ0) is 17.0. The lowest BCUT2D eigenvalue weighted by Gasteiger charge is -2.10. The Morgan fingerprint density at radius 3 is 2.48 bits per heavy atom. The second kappa shape index (κ2) is 6.69. The Kier molecular flexibility index (Phi) is 4.70. The fourth-order valence-corrected chi connectivity index (χ4v) is 2.08. The van der Waals surface area contributed by atoms with E-state index in [1.54, 1.807) is 25.1 Å². The number of hydrogen-bond acceptors (Lipinski definition) is 5. The predicted molar refractivity (Wildman–Crippen MR) is 83.6 cm³/mol. The average Bonchev–Trinajstić information content (AvgIpc) is 2.54. The van der Waals surface area contributed by atoms with Crippen LogP contribution >= 0.6 is 0 Å². The van der Waals surface area contributed by atoms with Crippen molar-refractivity contribution in [3.8, 4) is 0 Å². The smallest absolute Gasteiger partial charge is 0.339 e. The summed E-state index contributed by atoms with van der Waals surface area (Å²) in [7, 11) is 1.25. The summed E-state index contributed by atoms with van der Waals surface area (Å²) in [5, 5.41) is 13.4. The summed E-state index contributed by atoms with van der Waals surface area (Å²) in [6.07, 6.45) is 0. The first-order chi connectivity index (χ1) is 10.9. The van der Waals surface area contributed by atoms with Gasteiger partial charge in [-0.1, -0.05) is 12.1 Å². The highest BCUT2D eigenvalue weighted by molar-refractivity contribution is 6.08. The minimum atomic E-state index is -0.569. The fourth-order valence-electron chi connectivity index (χ4n) is 2.08. The van der Waals surface area contributed by atoms with Crippen molar-refractivity contribution < 1.29 is 19.2 Å². The van der Waals surface area contributed by atoms with Gasteiger partial charge in [0.15, 0.2) is 0 Å². The number of anilines is 1. The van der Waals surface area contributed by atoms with Crippen LogP contribution in [0.5, 0.6) is 0 Å². The van der Waals surface area contributed by atoms with E-state index in [9.17, 15) is 19.7 Å². The number of para-hydroxylation sites is 1. The third kappa shape index (κ3) is 3.52. The van der Waals surface area contributed by atoms with Gasteiger partial charge in [-0.05, 0) is 31.2 Å². The number of methoxy groups -OCH3 is 1. The summed E-state index contributed by atoms with van der Waals surface area (Å²) in [5.41, 5.74) is 1.11. The standard InChI is InChI=1S/C16H14N2O5/c1-10-9-11(7-8-14(10)18(21)22)15(19)17-13-6-4-3-5-12(13)16(20)23-2/h3-9H,1-2H3,(H,17,19). The Morgan fingerprint density at radius 2 is 1.87 bits per heavy atom. The van der Waals surface area contributed by atoms with Gasteiger partial charge >= 0.3 is 5.97 Å². The number of nitrogens with zero attached hydrogens (tertiary/aromatic N) is 1. The van der Waals surface area contributed by atoms with Gasteiger partial charge in [0.1, 0.15) is 0 Å². The van der Waals surface area contributed by atoms with Crippen molar-refractivity contribution in [1.82, 2.24) is 0 Å². The first-order valence-electron chi connectivity index (χ1n) is 6.67. The molecule has 0 aliphatic rings. The lowest BCUT2D eigenvalue weighted by atomic mass is 10.1. The molecule has 2 aromatic carbocycles. The van der Waals surface area contributed by atoms with Gasteiger partial charge < -0.3 is 10.1 Å². The molecule has 2 aromatic rings. The van der Waals surface area contributed by atoms with Crippen molar-refractivity contribution in [1.29, 1.82) is 0 Å². The molecular weight excluding hydrogens is 300 g/mol. The minimum Gasteiger partial charge on any atom is -0.465 e. The molecule has 0 atom stereocenters. The normalized spacial score (nSPS) is 10.0. The molecule has 0 spiro atoms. The summed E-state index contributed by atoms with van der Waals surface area (Å²) < 4.78 is 4.66. The maximum Gasteiger partial charge on any atom is 0.339 e. The largest absolute Gasteiger partial charge is 0.465 e. The van der Waals surface area contributed by atoms with Crippen LogP contribution < -0.4 is 5.32 Å². The Bertz CT molecular complexity index is 786. The van der Waals surface area contributed by atoms with Crippen LogP contribution in [0.15, 0.2) is 42.5 Å². The number of benzene rings is 2. The van der Waals surface area contributed by atoms with Gasteiger partial charge in [0, 0.05) is 17.2 Å². The molecule has 7 heteroatoms. The Labute approximate surface area is 132 Å². The number of carbonyl (C=O) groups excluding carboxylic acids is 2. The van der Waals surface area contributed by atoms with Crippen molar-refractivity contribution in [3.63, 3.8) is 0 Å². The molecule has 2 rings (SSSR count). The molecule has 0 aliphatic heterocycles. The lowest BCUT2D eigenvalue weighted by molar-refractivity contribution is -0.385. The Morgan fingerprint density at radius 1 is 1.17 bits per heavy atom. The maximum absolute atomic E-state index is 12.3. The molecule has 1 N–H and O–H groups in total. The number of esters is 1. The molecule has 0 heterocycles. The van der Waals surface area contributed by atoms with E-state index in [1.165, 1.54) is 31.4 Å². The first-order valence-corrected chi connectivity index (χ1v) is 6.67. The van der Waals surface area contributed by atoms with E-state index < -0.39 is 16.8 Å². The molecule has 23 heavy (non-hydrogen) atoms. The number of ether oxygens (including phenoxy) is 1. The minimum absolute atomic E-state index is 0.0588. The van der Waals surface area contributed by atoms with Gasteiger partial charge in [-0.15, -0.1) is 0 Å². The number of aryl methyl sites for hydroxylation is 1. The number of rotatable bonds is 4. The van der Waals surface area contributed by atoms with Gasteiger partial charge in [0.25, 0.3) is 11.6 Å². The van der Waals surface area contributed by atoms with Crippen LogP contribution in [0, 0.1) is 17.0 Å². The molecule has 0 aliphatic carbocycles. The highest BCUT2D eigenvalue weighted by Crippen LogP contribution is 2.21. The van der Waals surface area contributed by atoms with Gasteiger partial charge in [-0.25, -0.2) is 4.79 Å². The van der Waals surface area contributed by atoms with Crippen molar-refractivity contribution in [2.24, 2.45) is 0 Å². The zero-order valence-corrected chi connectivity index (χ0v) is 12.5. The summed E-state index contributed by atoms with van der Waals surface area (Å²) >= 11 is 0. The second-order valence-corrected chi connectivity index (χ2v) is 4.75. The van der Waals surface area contributed by atoms with E-state index in [4.69, 9.17) is 0 Å². The van der Waals surface area contributed by atoms with Crippen molar-refractivity contribution in [3.05, 3.63) is 69.3 Å². The quantitative estimate of drug-likeness (QED) is 0.531. The van der Waals surface area contributed by atoms with Crippen molar-refractivity contribution in [2.45, 2.75) is 6.92 Å². The van der Waals surface area contributed by atoms with Gasteiger partial charge in [0.2, 0.25) is 0 Å². The molecule has 0 bridgehead atoms. The van der Waals surface area contributed by atoms with E-state index in [2.05, 4.69) is 10.1 Å². The molecule has 118 valence electrons. The highest BCUT2D eigenvalue weighted by Gasteiger charge is 2.16. The monoisotopic (exact) mass is 314 g/mol. The predicted octanol–water partition coefficient (Wildman–Crippen LogP) is 2.94. The topological polar surface area (TPSA) is 98.5 Å². The molecule has 0 aromatic heterocycles. The summed E-state index contributed by atoms with van der Waals surface area (Å²) in [5.74, 6) is -1.04. The molecule has 0 fully saturated rings. The molecule has 7 nitrogen and oxygen atoms in total. The molecule has 0 saturated heterocycles. The number of hydrogen-bond donors (Lipinski definition) is 1. The second-order valence-electron chi connectivity index (χ2n) is 4.75. The van der Waals surface area contributed by atoms with E-state index in [0.29, 0.717) is 11.3 Å². The van der Waals surface area contributed by atoms with Gasteiger partial charge in [-0.3, -0.25) is 14.9 Å². The molecule has 1 amide bonds. The summed E-state index contributed by atoms with van der Waals surface area (Å²) in [6, 6.07) is 10.5.